The normalized spacial score (nSPS) is 7.20. The molecule has 0 fully saturated rings. The van der Waals surface area contributed by atoms with E-state index in [0.29, 0.717) is 0 Å². The number of halogens is 3. The second-order valence-corrected chi connectivity index (χ2v) is 15.1. The van der Waals surface area contributed by atoms with E-state index in [0.717, 1.165) is 0 Å². The van der Waals surface area contributed by atoms with Gasteiger partial charge in [-0.15, -0.1) is 0 Å². The summed E-state index contributed by atoms with van der Waals surface area (Å²) in [6, 6.07) is 0. The molecule has 0 heterocycles. The first-order valence-electron chi connectivity index (χ1n) is 0.507. The van der Waals surface area contributed by atoms with Crippen LogP contribution in [-0.2, 0) is 0 Å². The fourth-order valence-electron chi connectivity index (χ4n) is 0. The third kappa shape index (κ3) is 25.7. The van der Waals surface area contributed by atoms with Crippen LogP contribution in [0.15, 0.2) is 0 Å². The molecule has 32 valence electrons. The molecule has 5 heavy (non-hydrogen) atoms. The van der Waals surface area contributed by atoms with Crippen LogP contribution in [0, 0.1) is 0 Å². The van der Waals surface area contributed by atoms with Crippen molar-refractivity contribution in [2.75, 3.05) is 0 Å². The summed E-state index contributed by atoms with van der Waals surface area (Å²) < 4.78 is 0. The molecule has 0 radical (unpaired) electrons. The summed E-state index contributed by atoms with van der Waals surface area (Å²) in [5.74, 6) is 0. The van der Waals surface area contributed by atoms with E-state index >= 15 is 0 Å². The fraction of sp³-hybridized carbons (Fsp3) is 0. The average molecular weight is 329 g/mol. The Bertz CT molecular complexity index is 11.6. The predicted molar refractivity (Wildman–Crippen MR) is 33.3 cm³/mol. The van der Waals surface area contributed by atoms with Gasteiger partial charge in [0, 0.05) is 0 Å². The molecule has 0 aromatic heterocycles. The molecular weight excluding hydrogens is 326 g/mol. The van der Waals surface area contributed by atoms with E-state index in [1.54, 1.807) is 0 Å². The molecule has 0 bridgehead atoms. The van der Waals surface area contributed by atoms with Crippen LogP contribution in [-0.4, -0.2) is 26.6 Å². The van der Waals surface area contributed by atoms with Crippen LogP contribution in [0.2, 0.25) is 0 Å². The predicted octanol–water partition coefficient (Wildman–Crippen LogP) is 0.504. The van der Waals surface area contributed by atoms with Crippen LogP contribution in [0.3, 0.4) is 0 Å². The quantitative estimate of drug-likeness (QED) is 0.568. The van der Waals surface area contributed by atoms with E-state index in [1.807, 2.05) is 0 Å². The molecule has 0 atom stereocenters. The summed E-state index contributed by atoms with van der Waals surface area (Å²) >= 11 is -2.18. The Morgan fingerprint density at radius 3 is 1.00 bits per heavy atom. The molecule has 0 rings (SSSR count). The van der Waals surface area contributed by atoms with Crippen LogP contribution < -0.4 is 0 Å². The van der Waals surface area contributed by atoms with Crippen molar-refractivity contribution in [2.45, 2.75) is 0 Å². The Kier molecular flexibility index (Phi) is 11.6. The Morgan fingerprint density at radius 1 is 1.00 bits per heavy atom. The van der Waals surface area contributed by atoms with Crippen molar-refractivity contribution in [1.29, 1.82) is 0 Å². The van der Waals surface area contributed by atoms with Crippen molar-refractivity contribution in [2.24, 2.45) is 0 Å². The molecule has 0 unspecified atom stereocenters. The molecule has 0 saturated carbocycles. The van der Waals surface area contributed by atoms with Crippen molar-refractivity contribution >= 4 is 52.1 Å². The van der Waals surface area contributed by atoms with Gasteiger partial charge in [0.05, 0.1) is 8.41 Å². The molecular formula is H3BBiCl3. The summed E-state index contributed by atoms with van der Waals surface area (Å²) in [5.41, 5.74) is 0. The third-order valence-electron chi connectivity index (χ3n) is 0. The van der Waals surface area contributed by atoms with Gasteiger partial charge in [-0.25, -0.2) is 0 Å². The van der Waals surface area contributed by atoms with E-state index in [1.165, 1.54) is 0 Å². The molecule has 0 aromatic carbocycles. The van der Waals surface area contributed by atoms with Crippen molar-refractivity contribution in [3.05, 3.63) is 0 Å². The minimum absolute atomic E-state index is 0. The van der Waals surface area contributed by atoms with Gasteiger partial charge in [-0.3, -0.25) is 0 Å². The standard InChI is InChI=1S/BH3.Bi.3ClH/h1H3;;3*1H/q;+3;;;/p-3. The van der Waals surface area contributed by atoms with Crippen molar-refractivity contribution in [3.8, 4) is 0 Å². The van der Waals surface area contributed by atoms with Gasteiger partial charge in [0.1, 0.15) is 0 Å². The average Bonchev–Trinajstić information content (AvgIpc) is 0.811. The van der Waals surface area contributed by atoms with Gasteiger partial charge in [-0.05, 0) is 0 Å². The molecule has 0 spiro atoms. The van der Waals surface area contributed by atoms with Gasteiger partial charge < -0.3 is 0 Å². The SMILES string of the molecule is B.[Cl][Bi]([Cl])[Cl]. The molecule has 0 nitrogen and oxygen atoms in total. The monoisotopic (exact) mass is 328 g/mol. The maximum atomic E-state index is 5.01. The first-order valence-corrected chi connectivity index (χ1v) is 13.3. The molecule has 0 saturated heterocycles. The Morgan fingerprint density at radius 2 is 1.00 bits per heavy atom. The second kappa shape index (κ2) is 5.82. The summed E-state index contributed by atoms with van der Waals surface area (Å²) in [5, 5.41) is 0. The van der Waals surface area contributed by atoms with Gasteiger partial charge in [0.15, 0.2) is 0 Å². The Labute approximate surface area is 51.7 Å². The van der Waals surface area contributed by atoms with Crippen LogP contribution in [0.1, 0.15) is 0 Å². The summed E-state index contributed by atoms with van der Waals surface area (Å²) in [6.45, 7) is 0. The first kappa shape index (κ1) is 9.94. The van der Waals surface area contributed by atoms with Crippen LogP contribution in [0.25, 0.3) is 0 Å². The van der Waals surface area contributed by atoms with Gasteiger partial charge >= 0.3 is 43.7 Å². The van der Waals surface area contributed by atoms with Crippen LogP contribution >= 0.6 is 25.5 Å². The third-order valence-corrected chi connectivity index (χ3v) is 0. The Hall–Kier alpha value is 1.82. The molecule has 0 N–H and O–H groups in total. The Balaban J connectivity index is 0. The molecule has 0 aromatic rings. The zero-order valence-electron chi connectivity index (χ0n) is 1.58. The molecule has 0 aliphatic heterocycles. The topological polar surface area (TPSA) is 0 Å². The fourth-order valence-corrected chi connectivity index (χ4v) is 0. The van der Waals surface area contributed by atoms with Gasteiger partial charge in [-0.2, -0.15) is 0 Å². The van der Waals surface area contributed by atoms with Crippen molar-refractivity contribution < 1.29 is 0 Å². The van der Waals surface area contributed by atoms with Gasteiger partial charge in [0.2, 0.25) is 0 Å². The van der Waals surface area contributed by atoms with Crippen LogP contribution in [0.4, 0.5) is 0 Å². The molecule has 0 aliphatic carbocycles. The van der Waals surface area contributed by atoms with Gasteiger partial charge in [0.25, 0.3) is 0 Å². The zero-order valence-corrected chi connectivity index (χ0v) is 7.33. The summed E-state index contributed by atoms with van der Waals surface area (Å²) in [4.78, 5) is 0. The number of hydrogen-bond donors (Lipinski definition) is 0. The first-order chi connectivity index (χ1) is 1.73. The van der Waals surface area contributed by atoms with Crippen molar-refractivity contribution in [3.63, 3.8) is 0 Å². The molecule has 5 heteroatoms. The minimum atomic E-state index is -2.18. The molecule has 0 amide bonds. The number of hydrogen-bond acceptors (Lipinski definition) is 0. The van der Waals surface area contributed by atoms with E-state index in [4.69, 9.17) is 25.5 Å². The summed E-state index contributed by atoms with van der Waals surface area (Å²) in [6.07, 6.45) is 0. The van der Waals surface area contributed by atoms with Crippen molar-refractivity contribution in [1.82, 2.24) is 0 Å². The maximum absolute atomic E-state index is 5.01. The number of rotatable bonds is 0. The van der Waals surface area contributed by atoms with Gasteiger partial charge in [-0.1, -0.05) is 0 Å². The molecule has 0 aliphatic rings. The van der Waals surface area contributed by atoms with E-state index < -0.39 is 18.2 Å². The zero-order chi connectivity index (χ0) is 3.58. The van der Waals surface area contributed by atoms with E-state index in [-0.39, 0.29) is 8.41 Å². The summed E-state index contributed by atoms with van der Waals surface area (Å²) in [7, 11) is 15.0. The van der Waals surface area contributed by atoms with E-state index in [9.17, 15) is 0 Å². The van der Waals surface area contributed by atoms with E-state index in [2.05, 4.69) is 0 Å². The second-order valence-electron chi connectivity index (χ2n) is 0.192. The van der Waals surface area contributed by atoms with Crippen LogP contribution in [0.5, 0.6) is 0 Å².